The summed E-state index contributed by atoms with van der Waals surface area (Å²) < 4.78 is 41.5. The molecule has 2 aromatic rings. The summed E-state index contributed by atoms with van der Waals surface area (Å²) in [5, 5.41) is 15.1. The van der Waals surface area contributed by atoms with E-state index in [-0.39, 0.29) is 12.1 Å². The van der Waals surface area contributed by atoms with E-state index in [1.54, 1.807) is 19.1 Å². The Bertz CT molecular complexity index is 831. The Morgan fingerprint density at radius 1 is 1.33 bits per heavy atom. The molecule has 146 valence electrons. The Hall–Kier alpha value is -2.84. The number of carbonyl (C=O) groups excluding carboxylic acids is 1. The fraction of sp³-hybridized carbons (Fsp3) is 0.389. The quantitative estimate of drug-likeness (QED) is 0.766. The molecule has 0 spiro atoms. The lowest BCUT2D eigenvalue weighted by Gasteiger charge is -2.16. The van der Waals surface area contributed by atoms with E-state index >= 15 is 0 Å². The molecule has 0 radical (unpaired) electrons. The number of aryl methyl sites for hydroxylation is 1. The van der Waals surface area contributed by atoms with Crippen molar-refractivity contribution < 1.29 is 27.9 Å². The number of hydrogen-bond acceptors (Lipinski definition) is 3. The SMILES string of the molecule is CCCC[C@H](NC(=O)c1cnn(-c2cccc(C)c2)c1C(F)(F)F)C(=O)O. The Morgan fingerprint density at radius 2 is 2.04 bits per heavy atom. The van der Waals surface area contributed by atoms with E-state index in [1.165, 1.54) is 12.1 Å². The third kappa shape index (κ3) is 4.87. The van der Waals surface area contributed by atoms with Crippen molar-refractivity contribution >= 4 is 11.9 Å². The average Bonchev–Trinajstić information content (AvgIpc) is 3.03. The molecule has 0 aliphatic heterocycles. The average molecular weight is 383 g/mol. The Morgan fingerprint density at radius 3 is 2.59 bits per heavy atom. The Labute approximate surface area is 154 Å². The van der Waals surface area contributed by atoms with Gasteiger partial charge >= 0.3 is 12.1 Å². The molecule has 1 aromatic carbocycles. The smallest absolute Gasteiger partial charge is 0.434 e. The number of carbonyl (C=O) groups is 2. The summed E-state index contributed by atoms with van der Waals surface area (Å²) >= 11 is 0. The second-order valence-electron chi connectivity index (χ2n) is 6.16. The van der Waals surface area contributed by atoms with E-state index in [4.69, 9.17) is 0 Å². The minimum atomic E-state index is -4.85. The van der Waals surface area contributed by atoms with Crippen LogP contribution in [0.15, 0.2) is 30.5 Å². The van der Waals surface area contributed by atoms with Crippen LogP contribution < -0.4 is 5.32 Å². The Kier molecular flexibility index (Phi) is 6.24. The predicted molar refractivity (Wildman–Crippen MR) is 91.7 cm³/mol. The minimum absolute atomic E-state index is 0.130. The summed E-state index contributed by atoms with van der Waals surface area (Å²) in [6.45, 7) is 3.56. The van der Waals surface area contributed by atoms with Gasteiger partial charge in [0.25, 0.3) is 5.91 Å². The van der Waals surface area contributed by atoms with Gasteiger partial charge < -0.3 is 10.4 Å². The standard InChI is InChI=1S/C18H20F3N3O3/c1-3-4-8-14(17(26)27)23-16(25)13-10-22-24(15(13)18(19,20)21)12-7-5-6-11(2)9-12/h5-7,9-10,14H,3-4,8H2,1-2H3,(H,23,25)(H,26,27)/t14-/m0/s1. The lowest BCUT2D eigenvalue weighted by Crippen LogP contribution is -2.41. The van der Waals surface area contributed by atoms with Crippen LogP contribution in [-0.2, 0) is 11.0 Å². The van der Waals surface area contributed by atoms with E-state index in [2.05, 4.69) is 10.4 Å². The number of benzene rings is 1. The first kappa shape index (κ1) is 20.5. The van der Waals surface area contributed by atoms with Crippen LogP contribution in [0, 0.1) is 6.92 Å². The number of amides is 1. The van der Waals surface area contributed by atoms with Crippen molar-refractivity contribution in [3.05, 3.63) is 47.3 Å². The molecule has 0 unspecified atom stereocenters. The van der Waals surface area contributed by atoms with Crippen molar-refractivity contribution in [2.24, 2.45) is 0 Å². The zero-order chi connectivity index (χ0) is 20.2. The van der Waals surface area contributed by atoms with Gasteiger partial charge in [0.1, 0.15) is 6.04 Å². The number of aromatic nitrogens is 2. The maximum Gasteiger partial charge on any atom is 0.434 e. The van der Waals surface area contributed by atoms with Gasteiger partial charge in [-0.2, -0.15) is 18.3 Å². The van der Waals surface area contributed by atoms with Crippen molar-refractivity contribution in [2.45, 2.75) is 45.3 Å². The fourth-order valence-corrected chi connectivity index (χ4v) is 2.64. The number of hydrogen-bond donors (Lipinski definition) is 2. The van der Waals surface area contributed by atoms with Gasteiger partial charge in [-0.15, -0.1) is 0 Å². The van der Waals surface area contributed by atoms with E-state index in [0.29, 0.717) is 17.5 Å². The summed E-state index contributed by atoms with van der Waals surface area (Å²) in [5.41, 5.74) is -1.08. The maximum atomic E-state index is 13.6. The van der Waals surface area contributed by atoms with E-state index in [0.717, 1.165) is 11.8 Å². The van der Waals surface area contributed by atoms with Crippen LogP contribution in [0.2, 0.25) is 0 Å². The van der Waals surface area contributed by atoms with Gasteiger partial charge in [-0.25, -0.2) is 9.48 Å². The zero-order valence-electron chi connectivity index (χ0n) is 14.9. The first-order chi connectivity index (χ1) is 12.6. The van der Waals surface area contributed by atoms with Crippen molar-refractivity contribution in [2.75, 3.05) is 0 Å². The number of aliphatic carboxylic acids is 1. The third-order valence-electron chi connectivity index (χ3n) is 3.98. The van der Waals surface area contributed by atoms with E-state index in [1.807, 2.05) is 6.92 Å². The minimum Gasteiger partial charge on any atom is -0.480 e. The van der Waals surface area contributed by atoms with Crippen molar-refractivity contribution in [1.29, 1.82) is 0 Å². The zero-order valence-corrected chi connectivity index (χ0v) is 14.9. The van der Waals surface area contributed by atoms with Crippen LogP contribution in [-0.4, -0.2) is 32.8 Å². The molecule has 0 aliphatic rings. The Balaban J connectivity index is 2.42. The van der Waals surface area contributed by atoms with Crippen molar-refractivity contribution in [3.63, 3.8) is 0 Å². The molecule has 9 heteroatoms. The second-order valence-corrected chi connectivity index (χ2v) is 6.16. The highest BCUT2D eigenvalue weighted by Gasteiger charge is 2.41. The molecule has 2 N–H and O–H groups in total. The van der Waals surface area contributed by atoms with Gasteiger partial charge in [-0.05, 0) is 31.0 Å². The summed E-state index contributed by atoms with van der Waals surface area (Å²) in [7, 11) is 0. The normalized spacial score (nSPS) is 12.6. The van der Waals surface area contributed by atoms with Crippen LogP contribution in [0.1, 0.15) is 47.8 Å². The molecule has 0 bridgehead atoms. The molecule has 1 amide bonds. The largest absolute Gasteiger partial charge is 0.480 e. The molecule has 1 heterocycles. The monoisotopic (exact) mass is 383 g/mol. The molecular formula is C18H20F3N3O3. The molecule has 2 rings (SSSR count). The molecule has 0 fully saturated rings. The van der Waals surface area contributed by atoms with E-state index < -0.39 is 35.4 Å². The van der Waals surface area contributed by atoms with Gasteiger partial charge in [0.15, 0.2) is 5.69 Å². The van der Waals surface area contributed by atoms with Crippen molar-refractivity contribution in [3.8, 4) is 5.69 Å². The third-order valence-corrected chi connectivity index (χ3v) is 3.98. The molecule has 1 aromatic heterocycles. The van der Waals surface area contributed by atoms with Gasteiger partial charge in [-0.3, -0.25) is 4.79 Å². The molecule has 27 heavy (non-hydrogen) atoms. The first-order valence-corrected chi connectivity index (χ1v) is 8.41. The van der Waals surface area contributed by atoms with Crippen LogP contribution in [0.25, 0.3) is 5.69 Å². The van der Waals surface area contributed by atoms with Gasteiger partial charge in [-0.1, -0.05) is 31.9 Å². The molecule has 6 nitrogen and oxygen atoms in total. The van der Waals surface area contributed by atoms with Crippen LogP contribution in [0.3, 0.4) is 0 Å². The van der Waals surface area contributed by atoms with Crippen molar-refractivity contribution in [1.82, 2.24) is 15.1 Å². The lowest BCUT2D eigenvalue weighted by atomic mass is 10.1. The topological polar surface area (TPSA) is 84.2 Å². The number of alkyl halides is 3. The number of rotatable bonds is 7. The maximum absolute atomic E-state index is 13.6. The molecule has 0 saturated heterocycles. The number of nitrogens with one attached hydrogen (secondary N) is 1. The highest BCUT2D eigenvalue weighted by molar-refractivity contribution is 5.97. The van der Waals surface area contributed by atoms with Gasteiger partial charge in [0.05, 0.1) is 17.4 Å². The van der Waals surface area contributed by atoms with E-state index in [9.17, 15) is 27.9 Å². The highest BCUT2D eigenvalue weighted by atomic mass is 19.4. The number of nitrogens with zero attached hydrogens (tertiary/aromatic N) is 2. The van der Waals surface area contributed by atoms with Gasteiger partial charge in [0, 0.05) is 0 Å². The first-order valence-electron chi connectivity index (χ1n) is 8.41. The van der Waals surface area contributed by atoms with Crippen LogP contribution in [0.4, 0.5) is 13.2 Å². The van der Waals surface area contributed by atoms with Crippen LogP contribution >= 0.6 is 0 Å². The fourth-order valence-electron chi connectivity index (χ4n) is 2.64. The predicted octanol–water partition coefficient (Wildman–Crippen LogP) is 3.57. The summed E-state index contributed by atoms with van der Waals surface area (Å²) in [4.78, 5) is 23.6. The summed E-state index contributed by atoms with van der Waals surface area (Å²) in [6.07, 6.45) is -2.70. The van der Waals surface area contributed by atoms with Gasteiger partial charge in [0.2, 0.25) is 0 Å². The lowest BCUT2D eigenvalue weighted by molar-refractivity contribution is -0.143. The molecule has 0 aliphatic carbocycles. The highest BCUT2D eigenvalue weighted by Crippen LogP contribution is 2.33. The second kappa shape index (κ2) is 8.24. The van der Waals surface area contributed by atoms with Crippen LogP contribution in [0.5, 0.6) is 0 Å². The number of halogens is 3. The number of unbranched alkanes of at least 4 members (excludes halogenated alkanes) is 1. The number of carboxylic acid groups (broad SMARTS) is 1. The number of carboxylic acids is 1. The summed E-state index contributed by atoms with van der Waals surface area (Å²) in [5.74, 6) is -2.42. The molecule has 1 atom stereocenters. The molecular weight excluding hydrogens is 363 g/mol. The molecule has 0 saturated carbocycles. The summed E-state index contributed by atoms with van der Waals surface area (Å²) in [6, 6.07) is 4.99.